The molecule has 2 N–H and O–H groups in total. The Morgan fingerprint density at radius 1 is 1.23 bits per heavy atom. The first-order valence-corrected chi connectivity index (χ1v) is 7.50. The Morgan fingerprint density at radius 3 is 2.45 bits per heavy atom. The Bertz CT molecular complexity index is 565. The van der Waals surface area contributed by atoms with E-state index in [1.165, 1.54) is 0 Å². The van der Waals surface area contributed by atoms with Crippen molar-refractivity contribution < 1.29 is 14.3 Å². The highest BCUT2D eigenvalue weighted by atomic mass is 32.1. The number of amides is 1. The molecule has 120 valence electrons. The number of rotatable bonds is 4. The number of ether oxygens (including phenoxy) is 1. The maximum atomic E-state index is 11.9. The van der Waals surface area contributed by atoms with Gasteiger partial charge in [0, 0.05) is 6.42 Å². The van der Waals surface area contributed by atoms with Gasteiger partial charge in [-0.3, -0.25) is 4.79 Å². The molecule has 0 saturated heterocycles. The first-order chi connectivity index (χ1) is 10.2. The Hall–Kier alpha value is -1.95. The van der Waals surface area contributed by atoms with Gasteiger partial charge in [-0.25, -0.2) is 4.79 Å². The number of esters is 1. The summed E-state index contributed by atoms with van der Waals surface area (Å²) in [4.78, 5) is 23.7. The smallest absolute Gasteiger partial charge is 0.340 e. The lowest BCUT2D eigenvalue weighted by molar-refractivity contribution is -0.121. The average molecular weight is 322 g/mol. The standard InChI is InChI=1S/C16H22N2O3S/c1-5-21-14(20)11-8-6-7-9-12(11)17-15(22)18-13(19)10-16(2,3)4/h6-9H,5,10H2,1-4H3,(H2,17,18,19,22). The van der Waals surface area contributed by atoms with Crippen LogP contribution in [0.3, 0.4) is 0 Å². The van der Waals surface area contributed by atoms with Crippen LogP contribution in [0.15, 0.2) is 24.3 Å². The largest absolute Gasteiger partial charge is 0.462 e. The molecule has 22 heavy (non-hydrogen) atoms. The van der Waals surface area contributed by atoms with Crippen molar-refractivity contribution in [1.82, 2.24) is 5.32 Å². The molecule has 1 aromatic rings. The molecule has 1 aromatic carbocycles. The number of hydrogen-bond acceptors (Lipinski definition) is 4. The zero-order valence-electron chi connectivity index (χ0n) is 13.4. The quantitative estimate of drug-likeness (QED) is 0.658. The highest BCUT2D eigenvalue weighted by molar-refractivity contribution is 7.80. The van der Waals surface area contributed by atoms with Crippen LogP contribution in [-0.2, 0) is 9.53 Å². The van der Waals surface area contributed by atoms with Crippen LogP contribution in [0.2, 0.25) is 0 Å². The van der Waals surface area contributed by atoms with E-state index >= 15 is 0 Å². The molecule has 0 aliphatic carbocycles. The molecule has 0 aromatic heterocycles. The monoisotopic (exact) mass is 322 g/mol. The first-order valence-electron chi connectivity index (χ1n) is 7.10. The molecule has 0 aliphatic rings. The van der Waals surface area contributed by atoms with E-state index in [9.17, 15) is 9.59 Å². The van der Waals surface area contributed by atoms with Gasteiger partial charge >= 0.3 is 5.97 Å². The molecule has 0 radical (unpaired) electrons. The molecule has 0 aliphatic heterocycles. The summed E-state index contributed by atoms with van der Waals surface area (Å²) in [6.07, 6.45) is 0.355. The summed E-state index contributed by atoms with van der Waals surface area (Å²) in [5, 5.41) is 5.64. The lowest BCUT2D eigenvalue weighted by Crippen LogP contribution is -2.36. The van der Waals surface area contributed by atoms with E-state index in [1.807, 2.05) is 20.8 Å². The summed E-state index contributed by atoms with van der Waals surface area (Å²) in [5.41, 5.74) is 0.751. The van der Waals surface area contributed by atoms with E-state index in [2.05, 4.69) is 10.6 Å². The molecule has 0 saturated carbocycles. The second-order valence-electron chi connectivity index (χ2n) is 6.01. The molecule has 0 atom stereocenters. The molecule has 5 nitrogen and oxygen atoms in total. The zero-order chi connectivity index (χ0) is 16.8. The summed E-state index contributed by atoms with van der Waals surface area (Å²) in [5.74, 6) is -0.604. The van der Waals surface area contributed by atoms with Gasteiger partial charge in [0.1, 0.15) is 0 Å². The van der Waals surface area contributed by atoms with Gasteiger partial charge in [0.15, 0.2) is 5.11 Å². The molecule has 0 fully saturated rings. The normalized spacial score (nSPS) is 10.7. The van der Waals surface area contributed by atoms with Gasteiger partial charge in [0.05, 0.1) is 17.9 Å². The number of benzene rings is 1. The molecular formula is C16H22N2O3S. The van der Waals surface area contributed by atoms with Crippen LogP contribution in [0.4, 0.5) is 5.69 Å². The highest BCUT2D eigenvalue weighted by Crippen LogP contribution is 2.18. The van der Waals surface area contributed by atoms with Crippen molar-refractivity contribution in [3.63, 3.8) is 0 Å². The Balaban J connectivity index is 2.73. The second-order valence-corrected chi connectivity index (χ2v) is 6.41. The van der Waals surface area contributed by atoms with E-state index in [-0.39, 0.29) is 16.4 Å². The lowest BCUT2D eigenvalue weighted by atomic mass is 9.92. The van der Waals surface area contributed by atoms with Gasteiger partial charge in [-0.2, -0.15) is 0 Å². The van der Waals surface area contributed by atoms with E-state index in [0.717, 1.165) is 0 Å². The third-order valence-electron chi connectivity index (χ3n) is 2.61. The van der Waals surface area contributed by atoms with Crippen molar-refractivity contribution in [2.45, 2.75) is 34.1 Å². The fraction of sp³-hybridized carbons (Fsp3) is 0.438. The van der Waals surface area contributed by atoms with Crippen LogP contribution in [0, 0.1) is 5.41 Å². The van der Waals surface area contributed by atoms with Crippen molar-refractivity contribution >= 4 is 34.9 Å². The summed E-state index contributed by atoms with van der Waals surface area (Å²) >= 11 is 5.12. The average Bonchev–Trinajstić information content (AvgIpc) is 2.36. The SMILES string of the molecule is CCOC(=O)c1ccccc1NC(=S)NC(=O)CC(C)(C)C. The molecule has 0 bridgehead atoms. The van der Waals surface area contributed by atoms with Crippen molar-refractivity contribution in [1.29, 1.82) is 0 Å². The summed E-state index contributed by atoms with van der Waals surface area (Å²) in [6.45, 7) is 7.95. The number of nitrogens with one attached hydrogen (secondary N) is 2. The van der Waals surface area contributed by atoms with Crippen LogP contribution in [-0.4, -0.2) is 23.6 Å². The van der Waals surface area contributed by atoms with Crippen molar-refractivity contribution in [2.24, 2.45) is 5.41 Å². The topological polar surface area (TPSA) is 67.4 Å². The molecule has 0 spiro atoms. The van der Waals surface area contributed by atoms with Crippen LogP contribution >= 0.6 is 12.2 Å². The van der Waals surface area contributed by atoms with E-state index in [4.69, 9.17) is 17.0 Å². The lowest BCUT2D eigenvalue weighted by Gasteiger charge is -2.18. The predicted octanol–water partition coefficient (Wildman–Crippen LogP) is 3.11. The molecular weight excluding hydrogens is 300 g/mol. The molecule has 6 heteroatoms. The van der Waals surface area contributed by atoms with Crippen LogP contribution in [0.25, 0.3) is 0 Å². The maximum absolute atomic E-state index is 11.9. The minimum Gasteiger partial charge on any atom is -0.462 e. The summed E-state index contributed by atoms with van der Waals surface area (Å²) < 4.78 is 4.99. The van der Waals surface area contributed by atoms with Crippen LogP contribution < -0.4 is 10.6 Å². The number of hydrogen-bond donors (Lipinski definition) is 2. The third kappa shape index (κ3) is 6.22. The van der Waals surface area contributed by atoms with Gasteiger partial charge in [0.2, 0.25) is 5.91 Å². The first kappa shape index (κ1) is 18.1. The Kier molecular flexibility index (Phi) is 6.49. The van der Waals surface area contributed by atoms with E-state index < -0.39 is 5.97 Å². The Labute approximate surface area is 136 Å². The van der Waals surface area contributed by atoms with Gasteiger partial charge in [-0.15, -0.1) is 0 Å². The molecule has 1 rings (SSSR count). The Morgan fingerprint density at radius 2 is 1.86 bits per heavy atom. The predicted molar refractivity (Wildman–Crippen MR) is 90.8 cm³/mol. The van der Waals surface area contributed by atoms with Crippen LogP contribution in [0.5, 0.6) is 0 Å². The summed E-state index contributed by atoms with van der Waals surface area (Å²) in [7, 11) is 0. The second kappa shape index (κ2) is 7.89. The fourth-order valence-corrected chi connectivity index (χ4v) is 2.01. The van der Waals surface area contributed by atoms with Gasteiger partial charge < -0.3 is 15.4 Å². The number of carbonyl (C=O) groups is 2. The maximum Gasteiger partial charge on any atom is 0.340 e. The van der Waals surface area contributed by atoms with Gasteiger partial charge in [-0.05, 0) is 36.7 Å². The van der Waals surface area contributed by atoms with Gasteiger partial charge in [0.25, 0.3) is 0 Å². The van der Waals surface area contributed by atoms with Crippen molar-refractivity contribution in [2.75, 3.05) is 11.9 Å². The van der Waals surface area contributed by atoms with E-state index in [1.54, 1.807) is 31.2 Å². The number of para-hydroxylation sites is 1. The number of carbonyl (C=O) groups excluding carboxylic acids is 2. The van der Waals surface area contributed by atoms with Crippen molar-refractivity contribution in [3.8, 4) is 0 Å². The molecule has 0 heterocycles. The molecule has 1 amide bonds. The zero-order valence-corrected chi connectivity index (χ0v) is 14.2. The van der Waals surface area contributed by atoms with Crippen molar-refractivity contribution in [3.05, 3.63) is 29.8 Å². The van der Waals surface area contributed by atoms with Gasteiger partial charge in [-0.1, -0.05) is 32.9 Å². The minimum absolute atomic E-state index is 0.122. The highest BCUT2D eigenvalue weighted by Gasteiger charge is 2.17. The summed E-state index contributed by atoms with van der Waals surface area (Å²) in [6, 6.07) is 6.84. The number of thiocarbonyl (C=S) groups is 1. The number of anilines is 1. The van der Waals surface area contributed by atoms with E-state index in [0.29, 0.717) is 24.3 Å². The fourth-order valence-electron chi connectivity index (χ4n) is 1.79. The minimum atomic E-state index is -0.436. The molecule has 0 unspecified atom stereocenters. The third-order valence-corrected chi connectivity index (χ3v) is 2.82. The van der Waals surface area contributed by atoms with Crippen LogP contribution in [0.1, 0.15) is 44.5 Å².